The molecule has 3 aliphatic rings. The number of nitrogens with zero attached hydrogens (tertiary/aromatic N) is 1. The Morgan fingerprint density at radius 1 is 1.11 bits per heavy atom. The lowest BCUT2D eigenvalue weighted by Gasteiger charge is -2.44. The molecule has 2 nitrogen and oxygen atoms in total. The SMILES string of the molecule is CC1SCCN(CC2CCC3CCCCC3N2)C1C. The molecule has 5 atom stereocenters. The Hall–Kier alpha value is 0.270. The molecule has 3 rings (SSSR count). The number of hydrogen-bond acceptors (Lipinski definition) is 3. The van der Waals surface area contributed by atoms with Crippen LogP contribution in [0.1, 0.15) is 52.4 Å². The lowest BCUT2D eigenvalue weighted by molar-refractivity contribution is 0.127. The first-order valence-electron chi connectivity index (χ1n) is 8.35. The first kappa shape index (κ1) is 14.2. The normalized spacial score (nSPS) is 44.8. The first-order valence-corrected chi connectivity index (χ1v) is 9.40. The van der Waals surface area contributed by atoms with Crippen LogP contribution in [0, 0.1) is 5.92 Å². The highest BCUT2D eigenvalue weighted by Gasteiger charge is 2.34. The third-order valence-electron chi connectivity index (χ3n) is 5.71. The summed E-state index contributed by atoms with van der Waals surface area (Å²) in [4.78, 5) is 2.74. The maximum Gasteiger partial charge on any atom is 0.0197 e. The minimum Gasteiger partial charge on any atom is -0.310 e. The van der Waals surface area contributed by atoms with E-state index >= 15 is 0 Å². The van der Waals surface area contributed by atoms with Crippen molar-refractivity contribution in [2.45, 2.75) is 75.7 Å². The van der Waals surface area contributed by atoms with Gasteiger partial charge in [0, 0.05) is 42.2 Å². The molecule has 0 amide bonds. The van der Waals surface area contributed by atoms with Crippen molar-refractivity contribution in [3.8, 4) is 0 Å². The largest absolute Gasteiger partial charge is 0.310 e. The van der Waals surface area contributed by atoms with Gasteiger partial charge in [-0.05, 0) is 38.5 Å². The van der Waals surface area contributed by atoms with Crippen molar-refractivity contribution >= 4 is 11.8 Å². The fourth-order valence-corrected chi connectivity index (χ4v) is 5.42. The molecule has 0 bridgehead atoms. The van der Waals surface area contributed by atoms with Gasteiger partial charge in [-0.2, -0.15) is 11.8 Å². The van der Waals surface area contributed by atoms with Crippen molar-refractivity contribution in [2.24, 2.45) is 5.92 Å². The summed E-state index contributed by atoms with van der Waals surface area (Å²) >= 11 is 2.15. The lowest BCUT2D eigenvalue weighted by Crippen LogP contribution is -2.56. The van der Waals surface area contributed by atoms with Gasteiger partial charge in [0.15, 0.2) is 0 Å². The summed E-state index contributed by atoms with van der Waals surface area (Å²) in [5, 5.41) is 4.79. The van der Waals surface area contributed by atoms with Gasteiger partial charge in [0.25, 0.3) is 0 Å². The van der Waals surface area contributed by atoms with Crippen molar-refractivity contribution in [2.75, 3.05) is 18.8 Å². The third-order valence-corrected chi connectivity index (χ3v) is 7.05. The Balaban J connectivity index is 1.52. The fourth-order valence-electron chi connectivity index (χ4n) is 4.25. The summed E-state index contributed by atoms with van der Waals surface area (Å²) in [6.07, 6.45) is 8.74. The van der Waals surface area contributed by atoms with Crippen molar-refractivity contribution in [3.63, 3.8) is 0 Å². The van der Waals surface area contributed by atoms with Crippen LogP contribution in [0.4, 0.5) is 0 Å². The summed E-state index contributed by atoms with van der Waals surface area (Å²) in [6.45, 7) is 7.40. The predicted octanol–water partition coefficient (Wildman–Crippen LogP) is 3.12. The molecule has 19 heavy (non-hydrogen) atoms. The highest BCUT2D eigenvalue weighted by atomic mass is 32.2. The van der Waals surface area contributed by atoms with Gasteiger partial charge >= 0.3 is 0 Å². The first-order chi connectivity index (χ1) is 9.24. The molecule has 1 N–H and O–H groups in total. The number of nitrogens with one attached hydrogen (secondary N) is 1. The van der Waals surface area contributed by atoms with Crippen LogP contribution in [-0.2, 0) is 0 Å². The van der Waals surface area contributed by atoms with Crippen LogP contribution in [0.15, 0.2) is 0 Å². The van der Waals surface area contributed by atoms with E-state index < -0.39 is 0 Å². The Morgan fingerprint density at radius 2 is 1.95 bits per heavy atom. The zero-order chi connectivity index (χ0) is 13.2. The van der Waals surface area contributed by atoms with Crippen molar-refractivity contribution < 1.29 is 0 Å². The van der Waals surface area contributed by atoms with Gasteiger partial charge < -0.3 is 5.32 Å². The predicted molar refractivity (Wildman–Crippen MR) is 84.9 cm³/mol. The molecular formula is C16H30N2S. The Bertz CT molecular complexity index is 296. The van der Waals surface area contributed by atoms with Gasteiger partial charge in [-0.1, -0.05) is 19.8 Å². The van der Waals surface area contributed by atoms with Crippen LogP contribution in [0.25, 0.3) is 0 Å². The van der Waals surface area contributed by atoms with E-state index in [1.165, 1.54) is 57.4 Å². The molecule has 0 aromatic carbocycles. The van der Waals surface area contributed by atoms with Gasteiger partial charge in [0.1, 0.15) is 0 Å². The molecular weight excluding hydrogens is 252 g/mol. The average molecular weight is 282 g/mol. The molecule has 2 aliphatic heterocycles. The molecule has 2 heterocycles. The molecule has 0 aromatic heterocycles. The highest BCUT2D eigenvalue weighted by Crippen LogP contribution is 2.33. The standard InChI is InChI=1S/C16H30N2S/c1-12-13(2)19-10-9-18(12)11-15-8-7-14-5-3-4-6-16(14)17-15/h12-17H,3-11H2,1-2H3. The van der Waals surface area contributed by atoms with E-state index in [9.17, 15) is 0 Å². The summed E-state index contributed by atoms with van der Waals surface area (Å²) < 4.78 is 0. The van der Waals surface area contributed by atoms with Gasteiger partial charge in [-0.25, -0.2) is 0 Å². The van der Waals surface area contributed by atoms with Crippen LogP contribution in [0.3, 0.4) is 0 Å². The molecule has 110 valence electrons. The van der Waals surface area contributed by atoms with E-state index in [0.29, 0.717) is 0 Å². The quantitative estimate of drug-likeness (QED) is 0.838. The van der Waals surface area contributed by atoms with E-state index in [2.05, 4.69) is 35.8 Å². The zero-order valence-corrected chi connectivity index (χ0v) is 13.4. The highest BCUT2D eigenvalue weighted by molar-refractivity contribution is 8.00. The Morgan fingerprint density at radius 3 is 2.84 bits per heavy atom. The van der Waals surface area contributed by atoms with Crippen molar-refractivity contribution in [3.05, 3.63) is 0 Å². The third kappa shape index (κ3) is 3.30. The van der Waals surface area contributed by atoms with Crippen LogP contribution in [-0.4, -0.2) is 47.1 Å². The Kier molecular flexibility index (Phi) is 4.76. The molecule has 0 spiro atoms. The van der Waals surface area contributed by atoms with Crippen molar-refractivity contribution in [1.82, 2.24) is 10.2 Å². The van der Waals surface area contributed by atoms with Crippen LogP contribution in [0.5, 0.6) is 0 Å². The van der Waals surface area contributed by atoms with E-state index in [1.807, 2.05) is 0 Å². The summed E-state index contributed by atoms with van der Waals surface area (Å²) in [5.41, 5.74) is 0. The second-order valence-electron chi connectivity index (χ2n) is 6.90. The van der Waals surface area contributed by atoms with Crippen molar-refractivity contribution in [1.29, 1.82) is 0 Å². The minimum atomic E-state index is 0.754. The van der Waals surface area contributed by atoms with Crippen LogP contribution < -0.4 is 5.32 Å². The Labute approximate surface area is 123 Å². The number of rotatable bonds is 2. The molecule has 5 unspecified atom stereocenters. The molecule has 3 fully saturated rings. The number of piperidine rings is 1. The fraction of sp³-hybridized carbons (Fsp3) is 1.00. The topological polar surface area (TPSA) is 15.3 Å². The van der Waals surface area contributed by atoms with E-state index in [1.54, 1.807) is 0 Å². The van der Waals surface area contributed by atoms with E-state index in [0.717, 1.165) is 29.3 Å². The smallest absolute Gasteiger partial charge is 0.0197 e. The van der Waals surface area contributed by atoms with Gasteiger partial charge in [-0.15, -0.1) is 0 Å². The maximum atomic E-state index is 3.99. The van der Waals surface area contributed by atoms with E-state index in [4.69, 9.17) is 0 Å². The van der Waals surface area contributed by atoms with Gasteiger partial charge in [0.05, 0.1) is 0 Å². The second-order valence-corrected chi connectivity index (χ2v) is 8.39. The monoisotopic (exact) mass is 282 g/mol. The molecule has 1 saturated carbocycles. The molecule has 0 aromatic rings. The van der Waals surface area contributed by atoms with E-state index in [-0.39, 0.29) is 0 Å². The molecule has 0 radical (unpaired) electrons. The van der Waals surface area contributed by atoms with Crippen LogP contribution >= 0.6 is 11.8 Å². The summed E-state index contributed by atoms with van der Waals surface area (Å²) in [6, 6.07) is 2.36. The molecule has 3 heteroatoms. The molecule has 1 aliphatic carbocycles. The minimum absolute atomic E-state index is 0.754. The molecule has 2 saturated heterocycles. The van der Waals surface area contributed by atoms with Crippen LogP contribution in [0.2, 0.25) is 0 Å². The zero-order valence-electron chi connectivity index (χ0n) is 12.6. The summed E-state index contributed by atoms with van der Waals surface area (Å²) in [7, 11) is 0. The van der Waals surface area contributed by atoms with Gasteiger partial charge in [-0.3, -0.25) is 4.90 Å². The second kappa shape index (κ2) is 6.36. The lowest BCUT2D eigenvalue weighted by atomic mass is 9.77. The average Bonchev–Trinajstić information content (AvgIpc) is 2.44. The van der Waals surface area contributed by atoms with Gasteiger partial charge in [0.2, 0.25) is 0 Å². The number of thioether (sulfide) groups is 1. The number of fused-ring (bicyclic) bond motifs is 1. The summed E-state index contributed by atoms with van der Waals surface area (Å²) in [5.74, 6) is 2.32. The number of hydrogen-bond donors (Lipinski definition) is 1. The maximum absolute atomic E-state index is 3.99.